The standard InChI is InChI=1S/C16H11N3O/c17-10-15(11-18)19-20-12-14-8-4-5-9-16(14)13-6-2-1-3-7-13/h1-9H,12H2. The summed E-state index contributed by atoms with van der Waals surface area (Å²) in [6, 6.07) is 21.0. The maximum atomic E-state index is 8.57. The van der Waals surface area contributed by atoms with Crippen molar-refractivity contribution >= 4 is 5.71 Å². The van der Waals surface area contributed by atoms with Gasteiger partial charge in [-0.15, -0.1) is 0 Å². The summed E-state index contributed by atoms with van der Waals surface area (Å²) in [6.45, 7) is 0.206. The van der Waals surface area contributed by atoms with Crippen molar-refractivity contribution in [3.05, 3.63) is 60.2 Å². The second kappa shape index (κ2) is 6.72. The van der Waals surface area contributed by atoms with E-state index in [-0.39, 0.29) is 12.3 Å². The van der Waals surface area contributed by atoms with Crippen molar-refractivity contribution in [1.82, 2.24) is 0 Å². The molecule has 2 rings (SSSR count). The van der Waals surface area contributed by atoms with E-state index in [9.17, 15) is 0 Å². The summed E-state index contributed by atoms with van der Waals surface area (Å²) in [7, 11) is 0. The van der Waals surface area contributed by atoms with Crippen LogP contribution in [0.4, 0.5) is 0 Å². The van der Waals surface area contributed by atoms with Crippen LogP contribution in [0.1, 0.15) is 5.56 Å². The molecule has 0 aromatic heterocycles. The van der Waals surface area contributed by atoms with Crippen LogP contribution in [0.25, 0.3) is 11.1 Å². The fraction of sp³-hybridized carbons (Fsp3) is 0.0625. The molecule has 0 N–H and O–H groups in total. The highest BCUT2D eigenvalue weighted by atomic mass is 16.6. The lowest BCUT2D eigenvalue weighted by Gasteiger charge is -2.08. The second-order valence-corrected chi connectivity index (χ2v) is 3.96. The number of hydrogen-bond donors (Lipinski definition) is 0. The molecule has 0 saturated carbocycles. The van der Waals surface area contributed by atoms with Crippen molar-refractivity contribution < 1.29 is 4.84 Å². The number of oxime groups is 1. The first-order chi connectivity index (χ1) is 9.85. The van der Waals surface area contributed by atoms with Crippen LogP contribution in [0, 0.1) is 22.7 Å². The average molecular weight is 261 g/mol. The molecule has 0 unspecified atom stereocenters. The molecule has 0 radical (unpaired) electrons. The van der Waals surface area contributed by atoms with E-state index in [4.69, 9.17) is 15.4 Å². The SMILES string of the molecule is N#CC(C#N)=NOCc1ccccc1-c1ccccc1. The first-order valence-electron chi connectivity index (χ1n) is 5.98. The van der Waals surface area contributed by atoms with E-state index in [1.807, 2.05) is 54.6 Å². The quantitative estimate of drug-likeness (QED) is 0.626. The minimum absolute atomic E-state index is 0.206. The summed E-state index contributed by atoms with van der Waals surface area (Å²) in [6.07, 6.45) is 0. The lowest BCUT2D eigenvalue weighted by atomic mass is 10.0. The van der Waals surface area contributed by atoms with Gasteiger partial charge in [0.15, 0.2) is 0 Å². The summed E-state index contributed by atoms with van der Waals surface area (Å²) in [5.41, 5.74) is 2.77. The van der Waals surface area contributed by atoms with Crippen molar-refractivity contribution in [2.45, 2.75) is 6.61 Å². The third-order valence-electron chi connectivity index (χ3n) is 2.69. The van der Waals surface area contributed by atoms with Gasteiger partial charge in [0.05, 0.1) is 0 Å². The fourth-order valence-corrected chi connectivity index (χ4v) is 1.78. The summed E-state index contributed by atoms with van der Waals surface area (Å²) in [4.78, 5) is 5.07. The number of nitriles is 2. The molecular weight excluding hydrogens is 250 g/mol. The van der Waals surface area contributed by atoms with Crippen LogP contribution in [0.15, 0.2) is 59.8 Å². The molecule has 0 aliphatic rings. The summed E-state index contributed by atoms with van der Waals surface area (Å²) >= 11 is 0. The maximum Gasteiger partial charge on any atom is 0.256 e. The average Bonchev–Trinajstić information content (AvgIpc) is 2.53. The topological polar surface area (TPSA) is 69.2 Å². The molecule has 0 amide bonds. The highest BCUT2D eigenvalue weighted by Crippen LogP contribution is 2.23. The van der Waals surface area contributed by atoms with Crippen LogP contribution in [0.2, 0.25) is 0 Å². The molecule has 0 aliphatic carbocycles. The summed E-state index contributed by atoms with van der Waals surface area (Å²) in [5.74, 6) is 0. The van der Waals surface area contributed by atoms with Crippen molar-refractivity contribution in [3.8, 4) is 23.3 Å². The van der Waals surface area contributed by atoms with Gasteiger partial charge < -0.3 is 4.84 Å². The van der Waals surface area contributed by atoms with E-state index in [1.165, 1.54) is 0 Å². The third-order valence-corrected chi connectivity index (χ3v) is 2.69. The first-order valence-corrected chi connectivity index (χ1v) is 5.98. The fourth-order valence-electron chi connectivity index (χ4n) is 1.78. The number of hydrogen-bond acceptors (Lipinski definition) is 4. The van der Waals surface area contributed by atoms with Crippen molar-refractivity contribution in [2.75, 3.05) is 0 Å². The molecule has 0 fully saturated rings. The molecule has 0 heterocycles. The maximum absolute atomic E-state index is 8.57. The zero-order chi connectivity index (χ0) is 14.2. The largest absolute Gasteiger partial charge is 0.389 e. The van der Waals surface area contributed by atoms with E-state index in [0.29, 0.717) is 0 Å². The van der Waals surface area contributed by atoms with Gasteiger partial charge in [0.2, 0.25) is 0 Å². The Morgan fingerprint density at radius 2 is 1.60 bits per heavy atom. The van der Waals surface area contributed by atoms with Gasteiger partial charge >= 0.3 is 0 Å². The zero-order valence-corrected chi connectivity index (χ0v) is 10.7. The highest BCUT2D eigenvalue weighted by molar-refractivity contribution is 6.09. The molecule has 0 atom stereocenters. The van der Waals surface area contributed by atoms with Gasteiger partial charge in [0.1, 0.15) is 18.7 Å². The van der Waals surface area contributed by atoms with E-state index < -0.39 is 0 Å². The van der Waals surface area contributed by atoms with E-state index >= 15 is 0 Å². The molecule has 0 aliphatic heterocycles. The number of rotatable bonds is 4. The van der Waals surface area contributed by atoms with Crippen LogP contribution in [0.3, 0.4) is 0 Å². The Balaban J connectivity index is 2.20. The molecule has 20 heavy (non-hydrogen) atoms. The molecular formula is C16H11N3O. The Morgan fingerprint density at radius 3 is 2.30 bits per heavy atom. The van der Waals surface area contributed by atoms with Crippen LogP contribution in [-0.4, -0.2) is 5.71 Å². The van der Waals surface area contributed by atoms with Gasteiger partial charge in [-0.25, -0.2) is 0 Å². The van der Waals surface area contributed by atoms with Crippen LogP contribution in [0.5, 0.6) is 0 Å². The minimum atomic E-state index is -0.290. The van der Waals surface area contributed by atoms with Crippen LogP contribution in [-0.2, 0) is 11.4 Å². The Morgan fingerprint density at radius 1 is 0.950 bits per heavy atom. The molecule has 96 valence electrons. The molecule has 4 nitrogen and oxygen atoms in total. The Hall–Kier alpha value is -3.11. The normalized spacial score (nSPS) is 9.10. The lowest BCUT2D eigenvalue weighted by Crippen LogP contribution is -1.95. The van der Waals surface area contributed by atoms with Crippen LogP contribution < -0.4 is 0 Å². The third kappa shape index (κ3) is 3.22. The number of nitrogens with zero attached hydrogens (tertiary/aromatic N) is 3. The monoisotopic (exact) mass is 261 g/mol. The predicted molar refractivity (Wildman–Crippen MR) is 75.3 cm³/mol. The summed E-state index contributed by atoms with van der Waals surface area (Å²) in [5, 5.41) is 20.6. The van der Waals surface area contributed by atoms with Gasteiger partial charge in [0.25, 0.3) is 5.71 Å². The number of benzene rings is 2. The molecule has 2 aromatic carbocycles. The minimum Gasteiger partial charge on any atom is -0.389 e. The van der Waals surface area contributed by atoms with Gasteiger partial charge in [-0.05, 0) is 16.7 Å². The van der Waals surface area contributed by atoms with Crippen molar-refractivity contribution in [2.24, 2.45) is 5.16 Å². The lowest BCUT2D eigenvalue weighted by molar-refractivity contribution is 0.131. The Kier molecular flexibility index (Phi) is 4.48. The first kappa shape index (κ1) is 13.3. The van der Waals surface area contributed by atoms with Gasteiger partial charge in [-0.1, -0.05) is 59.8 Å². The smallest absolute Gasteiger partial charge is 0.256 e. The van der Waals surface area contributed by atoms with Crippen LogP contribution >= 0.6 is 0 Å². The molecule has 0 bridgehead atoms. The Bertz CT molecular complexity index is 678. The second-order valence-electron chi connectivity index (χ2n) is 3.96. The van der Waals surface area contributed by atoms with Crippen molar-refractivity contribution in [3.63, 3.8) is 0 Å². The molecule has 2 aromatic rings. The zero-order valence-electron chi connectivity index (χ0n) is 10.7. The van der Waals surface area contributed by atoms with Crippen molar-refractivity contribution in [1.29, 1.82) is 10.5 Å². The van der Waals surface area contributed by atoms with Gasteiger partial charge in [0, 0.05) is 0 Å². The molecule has 4 heteroatoms. The van der Waals surface area contributed by atoms with E-state index in [2.05, 4.69) is 5.16 Å². The Labute approximate surface area is 117 Å². The van der Waals surface area contributed by atoms with Gasteiger partial charge in [-0.2, -0.15) is 10.5 Å². The van der Waals surface area contributed by atoms with E-state index in [0.717, 1.165) is 16.7 Å². The highest BCUT2D eigenvalue weighted by Gasteiger charge is 2.04. The molecule has 0 spiro atoms. The molecule has 0 saturated heterocycles. The van der Waals surface area contributed by atoms with E-state index in [1.54, 1.807) is 12.1 Å². The van der Waals surface area contributed by atoms with Gasteiger partial charge in [-0.3, -0.25) is 0 Å². The predicted octanol–water partition coefficient (Wildman–Crippen LogP) is 3.27. The summed E-state index contributed by atoms with van der Waals surface area (Å²) < 4.78 is 0.